The number of nitrogens with zero attached hydrogens (tertiary/aromatic N) is 1. The second-order valence-electron chi connectivity index (χ2n) is 4.37. The van der Waals surface area contributed by atoms with Crippen LogP contribution in [0.1, 0.15) is 22.2 Å². The Morgan fingerprint density at radius 3 is 3.00 bits per heavy atom. The Morgan fingerprint density at radius 2 is 2.19 bits per heavy atom. The minimum absolute atomic E-state index is 0.0281. The first-order valence-corrected chi connectivity index (χ1v) is 7.28. The molecular weight excluding hydrogens is 288 g/mol. The van der Waals surface area contributed by atoms with Gasteiger partial charge in [0.25, 0.3) is 0 Å². The van der Waals surface area contributed by atoms with Gasteiger partial charge in [-0.05, 0) is 19.1 Å². The van der Waals surface area contributed by atoms with Crippen LogP contribution in [0.5, 0.6) is 0 Å². The monoisotopic (exact) mass is 300 g/mol. The summed E-state index contributed by atoms with van der Waals surface area (Å²) in [6, 6.07) is 8.66. The number of hydrogen-bond donors (Lipinski definition) is 1. The van der Waals surface area contributed by atoms with Gasteiger partial charge in [-0.15, -0.1) is 0 Å². The first kappa shape index (κ1) is 13.5. The molecule has 0 aliphatic heterocycles. The van der Waals surface area contributed by atoms with Crippen molar-refractivity contribution < 1.29 is 9.21 Å². The topological polar surface area (TPSA) is 72.2 Å². The van der Waals surface area contributed by atoms with E-state index >= 15 is 0 Å². The van der Waals surface area contributed by atoms with Gasteiger partial charge in [0.15, 0.2) is 5.13 Å². The highest BCUT2D eigenvalue weighted by Crippen LogP contribution is 2.21. The highest BCUT2D eigenvalue weighted by molar-refractivity contribution is 7.17. The van der Waals surface area contributed by atoms with Gasteiger partial charge in [-0.2, -0.15) is 0 Å². The van der Waals surface area contributed by atoms with E-state index in [1.165, 1.54) is 17.5 Å². The van der Waals surface area contributed by atoms with Crippen molar-refractivity contribution in [2.45, 2.75) is 6.92 Å². The van der Waals surface area contributed by atoms with Gasteiger partial charge in [0.2, 0.25) is 5.78 Å². The zero-order chi connectivity index (χ0) is 14.8. The SMILES string of the molecule is CCNc1ncc(C(=O)c2cc3ccccc3oc2=O)s1. The maximum atomic E-state index is 12.4. The number of para-hydroxylation sites is 1. The molecule has 2 heterocycles. The molecule has 0 spiro atoms. The lowest BCUT2D eigenvalue weighted by Gasteiger charge is -1.99. The summed E-state index contributed by atoms with van der Waals surface area (Å²) in [4.78, 5) is 28.9. The molecule has 1 aromatic carbocycles. The van der Waals surface area contributed by atoms with Gasteiger partial charge in [0, 0.05) is 11.9 Å². The van der Waals surface area contributed by atoms with Crippen LogP contribution < -0.4 is 10.9 Å². The van der Waals surface area contributed by atoms with E-state index in [2.05, 4.69) is 10.3 Å². The van der Waals surface area contributed by atoms with Crippen molar-refractivity contribution in [1.29, 1.82) is 0 Å². The van der Waals surface area contributed by atoms with Crippen LogP contribution in [-0.2, 0) is 0 Å². The van der Waals surface area contributed by atoms with E-state index in [1.54, 1.807) is 24.3 Å². The van der Waals surface area contributed by atoms with Crippen molar-refractivity contribution in [1.82, 2.24) is 4.98 Å². The molecule has 0 saturated heterocycles. The number of nitrogens with one attached hydrogen (secondary N) is 1. The van der Waals surface area contributed by atoms with E-state index in [-0.39, 0.29) is 11.3 Å². The summed E-state index contributed by atoms with van der Waals surface area (Å²) in [5.74, 6) is -0.365. The zero-order valence-electron chi connectivity index (χ0n) is 11.3. The molecular formula is C15H12N2O3S. The standard InChI is InChI=1S/C15H12N2O3S/c1-2-16-15-17-8-12(21-15)13(18)10-7-9-5-3-4-6-11(9)20-14(10)19/h3-8H,2H2,1H3,(H,16,17). The maximum absolute atomic E-state index is 12.4. The Labute approximate surface area is 124 Å². The smallest absolute Gasteiger partial charge is 0.347 e. The molecule has 0 atom stereocenters. The Bertz CT molecular complexity index is 866. The van der Waals surface area contributed by atoms with Gasteiger partial charge >= 0.3 is 5.63 Å². The van der Waals surface area contributed by atoms with Crippen LogP contribution in [0.15, 0.2) is 45.7 Å². The van der Waals surface area contributed by atoms with Crippen LogP contribution in [0.2, 0.25) is 0 Å². The van der Waals surface area contributed by atoms with Crippen LogP contribution in [0.4, 0.5) is 5.13 Å². The molecule has 3 rings (SSSR count). The van der Waals surface area contributed by atoms with E-state index in [1.807, 2.05) is 13.0 Å². The normalized spacial score (nSPS) is 10.7. The fraction of sp³-hybridized carbons (Fsp3) is 0.133. The second-order valence-corrected chi connectivity index (χ2v) is 5.41. The number of ketones is 1. The van der Waals surface area contributed by atoms with Crippen LogP contribution >= 0.6 is 11.3 Å². The summed E-state index contributed by atoms with van der Waals surface area (Å²) < 4.78 is 5.18. The number of aromatic nitrogens is 1. The number of rotatable bonds is 4. The van der Waals surface area contributed by atoms with Crippen molar-refractivity contribution >= 4 is 33.2 Å². The van der Waals surface area contributed by atoms with Crippen molar-refractivity contribution in [3.05, 3.63) is 57.4 Å². The number of carbonyl (C=O) groups excluding carboxylic acids is 1. The Morgan fingerprint density at radius 1 is 1.38 bits per heavy atom. The highest BCUT2D eigenvalue weighted by atomic mass is 32.1. The molecule has 3 aromatic rings. The van der Waals surface area contributed by atoms with Gasteiger partial charge in [-0.25, -0.2) is 9.78 Å². The van der Waals surface area contributed by atoms with Gasteiger partial charge in [0.1, 0.15) is 11.1 Å². The van der Waals surface area contributed by atoms with E-state index in [0.29, 0.717) is 15.6 Å². The third kappa shape index (κ3) is 2.57. The Hall–Kier alpha value is -2.47. The zero-order valence-corrected chi connectivity index (χ0v) is 12.1. The van der Waals surface area contributed by atoms with Crippen LogP contribution in [0.25, 0.3) is 11.0 Å². The van der Waals surface area contributed by atoms with Gasteiger partial charge < -0.3 is 9.73 Å². The van der Waals surface area contributed by atoms with Crippen molar-refractivity contribution in [2.75, 3.05) is 11.9 Å². The number of fused-ring (bicyclic) bond motifs is 1. The summed E-state index contributed by atoms with van der Waals surface area (Å²) in [5.41, 5.74) is -0.130. The van der Waals surface area contributed by atoms with Crippen LogP contribution in [0, 0.1) is 0 Å². The molecule has 0 aliphatic rings. The van der Waals surface area contributed by atoms with E-state index < -0.39 is 5.63 Å². The van der Waals surface area contributed by atoms with E-state index in [9.17, 15) is 9.59 Å². The van der Waals surface area contributed by atoms with E-state index in [0.717, 1.165) is 11.9 Å². The number of thiazole rings is 1. The average Bonchev–Trinajstić information content (AvgIpc) is 2.95. The predicted molar refractivity (Wildman–Crippen MR) is 82.2 cm³/mol. The molecule has 5 nitrogen and oxygen atoms in total. The molecule has 0 unspecified atom stereocenters. The Balaban J connectivity index is 2.04. The molecule has 0 fully saturated rings. The van der Waals surface area contributed by atoms with Gasteiger partial charge in [0.05, 0.1) is 11.1 Å². The number of benzene rings is 1. The van der Waals surface area contributed by atoms with Gasteiger partial charge in [-0.1, -0.05) is 29.5 Å². The van der Waals surface area contributed by atoms with Crippen molar-refractivity contribution in [2.24, 2.45) is 0 Å². The first-order chi connectivity index (χ1) is 10.2. The number of anilines is 1. The maximum Gasteiger partial charge on any atom is 0.347 e. The lowest BCUT2D eigenvalue weighted by molar-refractivity contribution is 0.103. The second kappa shape index (κ2) is 5.49. The quantitative estimate of drug-likeness (QED) is 0.592. The first-order valence-electron chi connectivity index (χ1n) is 6.46. The summed E-state index contributed by atoms with van der Waals surface area (Å²) >= 11 is 1.22. The third-order valence-corrected chi connectivity index (χ3v) is 3.90. The van der Waals surface area contributed by atoms with Crippen molar-refractivity contribution in [3.8, 4) is 0 Å². The summed E-state index contributed by atoms with van der Waals surface area (Å²) in [5, 5.41) is 4.41. The summed E-state index contributed by atoms with van der Waals surface area (Å²) in [6.07, 6.45) is 1.47. The minimum Gasteiger partial charge on any atom is -0.422 e. The van der Waals surface area contributed by atoms with Gasteiger partial charge in [-0.3, -0.25) is 4.79 Å². The minimum atomic E-state index is -0.628. The molecule has 0 saturated carbocycles. The highest BCUT2D eigenvalue weighted by Gasteiger charge is 2.18. The number of carbonyl (C=O) groups is 1. The molecule has 0 radical (unpaired) electrons. The average molecular weight is 300 g/mol. The third-order valence-electron chi connectivity index (χ3n) is 2.94. The van der Waals surface area contributed by atoms with Crippen LogP contribution in [-0.4, -0.2) is 17.3 Å². The molecule has 106 valence electrons. The fourth-order valence-electron chi connectivity index (χ4n) is 1.97. The molecule has 21 heavy (non-hydrogen) atoms. The summed E-state index contributed by atoms with van der Waals surface area (Å²) in [6.45, 7) is 2.67. The lowest BCUT2D eigenvalue weighted by Crippen LogP contribution is -2.13. The molecule has 1 N–H and O–H groups in total. The predicted octanol–water partition coefficient (Wildman–Crippen LogP) is 2.91. The molecule has 6 heteroatoms. The molecule has 0 aliphatic carbocycles. The molecule has 0 amide bonds. The van der Waals surface area contributed by atoms with Crippen molar-refractivity contribution in [3.63, 3.8) is 0 Å². The molecule has 2 aromatic heterocycles. The molecule has 0 bridgehead atoms. The fourth-order valence-corrected chi connectivity index (χ4v) is 2.80. The van der Waals surface area contributed by atoms with E-state index in [4.69, 9.17) is 4.42 Å². The Kier molecular flexibility index (Phi) is 3.53. The lowest BCUT2D eigenvalue weighted by atomic mass is 10.1. The van der Waals surface area contributed by atoms with Crippen LogP contribution in [0.3, 0.4) is 0 Å². The summed E-state index contributed by atoms with van der Waals surface area (Å²) in [7, 11) is 0. The number of hydrogen-bond acceptors (Lipinski definition) is 6. The largest absolute Gasteiger partial charge is 0.422 e.